The van der Waals surface area contributed by atoms with Crippen molar-refractivity contribution >= 4 is 53.3 Å². The van der Waals surface area contributed by atoms with Crippen molar-refractivity contribution in [1.82, 2.24) is 4.57 Å². The molecule has 1 nitrogen and oxygen atoms in total. The zero-order valence-electron chi connectivity index (χ0n) is 23.9. The average Bonchev–Trinajstić information content (AvgIpc) is 3.64. The lowest BCUT2D eigenvalue weighted by Gasteiger charge is -2.14. The van der Waals surface area contributed by atoms with E-state index in [-0.39, 0.29) is 0 Å². The van der Waals surface area contributed by atoms with Gasteiger partial charge in [-0.15, -0.1) is 11.3 Å². The lowest BCUT2D eigenvalue weighted by molar-refractivity contribution is 1.18. The van der Waals surface area contributed by atoms with Crippen LogP contribution in [-0.4, -0.2) is 4.57 Å². The van der Waals surface area contributed by atoms with Gasteiger partial charge in [0, 0.05) is 36.6 Å². The summed E-state index contributed by atoms with van der Waals surface area (Å²) in [6.45, 7) is 0. The van der Waals surface area contributed by atoms with Gasteiger partial charge in [0.2, 0.25) is 0 Å². The number of rotatable bonds is 4. The van der Waals surface area contributed by atoms with Crippen LogP contribution in [0.3, 0.4) is 0 Å². The van der Waals surface area contributed by atoms with E-state index in [2.05, 4.69) is 168 Å². The maximum Gasteiger partial charge on any atom is 0.0547 e. The minimum absolute atomic E-state index is 1.16. The largest absolute Gasteiger partial charge is 0.309 e. The van der Waals surface area contributed by atoms with Gasteiger partial charge in [-0.3, -0.25) is 0 Å². The van der Waals surface area contributed by atoms with Gasteiger partial charge in [0.25, 0.3) is 0 Å². The first-order valence-corrected chi connectivity index (χ1v) is 15.8. The average molecular weight is 578 g/mol. The fourth-order valence-corrected chi connectivity index (χ4v) is 7.76. The molecule has 0 unspecified atom stereocenters. The molecule has 0 aliphatic heterocycles. The van der Waals surface area contributed by atoms with E-state index in [0.717, 1.165) is 5.69 Å². The second kappa shape index (κ2) is 10.1. The molecule has 0 N–H and O–H groups in total. The molecule has 2 aromatic heterocycles. The maximum atomic E-state index is 2.45. The highest BCUT2D eigenvalue weighted by molar-refractivity contribution is 7.25. The van der Waals surface area contributed by atoms with Crippen LogP contribution in [0.25, 0.3) is 81.0 Å². The van der Waals surface area contributed by atoms with E-state index in [0.29, 0.717) is 0 Å². The minimum atomic E-state index is 1.16. The molecule has 206 valence electrons. The molecule has 9 rings (SSSR count). The van der Waals surface area contributed by atoms with Crippen LogP contribution in [0.1, 0.15) is 0 Å². The lowest BCUT2D eigenvalue weighted by atomic mass is 9.98. The normalized spacial score (nSPS) is 11.6. The topological polar surface area (TPSA) is 4.93 Å². The van der Waals surface area contributed by atoms with Crippen molar-refractivity contribution in [1.29, 1.82) is 0 Å². The Balaban J connectivity index is 1.30. The first-order valence-electron chi connectivity index (χ1n) is 15.0. The van der Waals surface area contributed by atoms with Gasteiger partial charge in [0.15, 0.2) is 0 Å². The van der Waals surface area contributed by atoms with Crippen molar-refractivity contribution in [2.45, 2.75) is 0 Å². The van der Waals surface area contributed by atoms with E-state index < -0.39 is 0 Å². The molecular formula is C42H27NS. The summed E-state index contributed by atoms with van der Waals surface area (Å²) >= 11 is 1.87. The van der Waals surface area contributed by atoms with Gasteiger partial charge in [-0.25, -0.2) is 0 Å². The summed E-state index contributed by atoms with van der Waals surface area (Å²) in [6.07, 6.45) is 0. The number of aromatic nitrogens is 1. The zero-order chi connectivity index (χ0) is 29.0. The van der Waals surface area contributed by atoms with Crippen LogP contribution in [0.4, 0.5) is 0 Å². The number of thiophene rings is 1. The van der Waals surface area contributed by atoms with Crippen molar-refractivity contribution in [2.24, 2.45) is 0 Å². The summed E-state index contributed by atoms with van der Waals surface area (Å²) in [5, 5.41) is 5.18. The van der Waals surface area contributed by atoms with Gasteiger partial charge in [-0.2, -0.15) is 0 Å². The third-order valence-electron chi connectivity index (χ3n) is 8.77. The Kier molecular flexibility index (Phi) is 5.75. The second-order valence-electron chi connectivity index (χ2n) is 11.4. The first-order chi connectivity index (χ1) is 21.8. The van der Waals surface area contributed by atoms with Crippen LogP contribution < -0.4 is 0 Å². The predicted octanol–water partition coefficient (Wildman–Crippen LogP) is 12.2. The first kappa shape index (κ1) is 25.1. The molecule has 44 heavy (non-hydrogen) atoms. The molecule has 9 aromatic rings. The molecule has 0 radical (unpaired) electrons. The van der Waals surface area contributed by atoms with Crippen LogP contribution in [-0.2, 0) is 0 Å². The summed E-state index contributed by atoms with van der Waals surface area (Å²) < 4.78 is 5.12. The molecule has 7 aromatic carbocycles. The molecule has 2 heteroatoms. The summed E-state index contributed by atoms with van der Waals surface area (Å²) in [5.41, 5.74) is 10.9. The van der Waals surface area contributed by atoms with Gasteiger partial charge < -0.3 is 4.57 Å². The highest BCUT2D eigenvalue weighted by Crippen LogP contribution is 2.40. The van der Waals surface area contributed by atoms with Crippen molar-refractivity contribution in [3.8, 4) is 39.1 Å². The molecule has 0 fully saturated rings. The molecule has 0 aliphatic carbocycles. The number of nitrogens with zero attached hydrogens (tertiary/aromatic N) is 1. The zero-order valence-corrected chi connectivity index (χ0v) is 24.8. The SMILES string of the molecule is c1ccc(-c2cc(-c3ccccc3)cc(-n3c4ccccc4c4ccc(-c5ccc6sc7ccccc7c6c5)cc43)c2)cc1. The fraction of sp³-hybridized carbons (Fsp3) is 0. The molecule has 0 bridgehead atoms. The van der Waals surface area contributed by atoms with Gasteiger partial charge in [0.1, 0.15) is 0 Å². The number of hydrogen-bond acceptors (Lipinski definition) is 1. The Morgan fingerprint density at radius 1 is 0.318 bits per heavy atom. The Morgan fingerprint density at radius 3 is 1.64 bits per heavy atom. The Bertz CT molecular complexity index is 2420. The minimum Gasteiger partial charge on any atom is -0.309 e. The molecule has 0 aliphatic rings. The molecule has 0 atom stereocenters. The monoisotopic (exact) mass is 577 g/mol. The van der Waals surface area contributed by atoms with Gasteiger partial charge in [-0.05, 0) is 81.9 Å². The number of fused-ring (bicyclic) bond motifs is 6. The lowest BCUT2D eigenvalue weighted by Crippen LogP contribution is -1.96. The van der Waals surface area contributed by atoms with E-state index in [1.165, 1.54) is 75.4 Å². The van der Waals surface area contributed by atoms with E-state index in [1.807, 2.05) is 11.3 Å². The maximum absolute atomic E-state index is 2.45. The van der Waals surface area contributed by atoms with Crippen LogP contribution >= 0.6 is 11.3 Å². The standard InChI is InChI=1S/C42H27NS/c1-3-11-28(12-4-1)32-23-33(29-13-5-2-6-14-29)25-34(24-32)43-39-17-9-7-15-35(39)36-21-19-31(27-40(36)43)30-20-22-42-38(26-30)37-16-8-10-18-41(37)44-42/h1-27H. The summed E-state index contributed by atoms with van der Waals surface area (Å²) in [4.78, 5) is 0. The van der Waals surface area contributed by atoms with E-state index >= 15 is 0 Å². The van der Waals surface area contributed by atoms with Crippen molar-refractivity contribution in [3.05, 3.63) is 164 Å². The molecule has 0 spiro atoms. The molecule has 0 saturated heterocycles. The van der Waals surface area contributed by atoms with Crippen molar-refractivity contribution < 1.29 is 0 Å². The molecule has 0 saturated carbocycles. The van der Waals surface area contributed by atoms with Gasteiger partial charge in [0.05, 0.1) is 11.0 Å². The Labute approximate surface area is 259 Å². The third-order valence-corrected chi connectivity index (χ3v) is 9.93. The quantitative estimate of drug-likeness (QED) is 0.196. The molecular weight excluding hydrogens is 551 g/mol. The van der Waals surface area contributed by atoms with Crippen LogP contribution in [0, 0.1) is 0 Å². The Morgan fingerprint density at radius 2 is 0.886 bits per heavy atom. The number of hydrogen-bond donors (Lipinski definition) is 0. The number of para-hydroxylation sites is 1. The van der Waals surface area contributed by atoms with Crippen molar-refractivity contribution in [3.63, 3.8) is 0 Å². The van der Waals surface area contributed by atoms with Gasteiger partial charge in [-0.1, -0.05) is 115 Å². The summed E-state index contributed by atoms with van der Waals surface area (Å²) in [7, 11) is 0. The van der Waals surface area contributed by atoms with Crippen molar-refractivity contribution in [2.75, 3.05) is 0 Å². The highest BCUT2D eigenvalue weighted by atomic mass is 32.1. The van der Waals surface area contributed by atoms with E-state index in [1.54, 1.807) is 0 Å². The molecule has 0 amide bonds. The van der Waals surface area contributed by atoms with Crippen LogP contribution in [0.5, 0.6) is 0 Å². The van der Waals surface area contributed by atoms with E-state index in [4.69, 9.17) is 0 Å². The third kappa shape index (κ3) is 4.07. The smallest absolute Gasteiger partial charge is 0.0547 e. The summed E-state index contributed by atoms with van der Waals surface area (Å²) in [5.74, 6) is 0. The van der Waals surface area contributed by atoms with Gasteiger partial charge >= 0.3 is 0 Å². The fourth-order valence-electron chi connectivity index (χ4n) is 6.67. The highest BCUT2D eigenvalue weighted by Gasteiger charge is 2.16. The summed E-state index contributed by atoms with van der Waals surface area (Å²) in [6, 6.07) is 59.8. The Hall–Kier alpha value is -5.44. The number of benzene rings is 7. The molecule has 2 heterocycles. The van der Waals surface area contributed by atoms with E-state index in [9.17, 15) is 0 Å². The van der Waals surface area contributed by atoms with Crippen LogP contribution in [0.2, 0.25) is 0 Å². The van der Waals surface area contributed by atoms with Crippen LogP contribution in [0.15, 0.2) is 164 Å². The predicted molar refractivity (Wildman–Crippen MR) is 190 cm³/mol. The second-order valence-corrected chi connectivity index (χ2v) is 12.5.